The maximum atomic E-state index is 12.4. The highest BCUT2D eigenvalue weighted by Crippen LogP contribution is 2.33. The van der Waals surface area contributed by atoms with Crippen LogP contribution in [0, 0.1) is 0 Å². The van der Waals surface area contributed by atoms with E-state index in [1.54, 1.807) is 30.3 Å². The summed E-state index contributed by atoms with van der Waals surface area (Å²) in [6, 6.07) is 14.3. The van der Waals surface area contributed by atoms with Crippen molar-refractivity contribution in [3.63, 3.8) is 0 Å². The van der Waals surface area contributed by atoms with Crippen LogP contribution in [0.4, 0.5) is 5.69 Å². The Labute approximate surface area is 167 Å². The fourth-order valence-electron chi connectivity index (χ4n) is 3.35. The van der Waals surface area contributed by atoms with Crippen LogP contribution in [0.25, 0.3) is 11.3 Å². The van der Waals surface area contributed by atoms with Crippen LogP contribution >= 0.6 is 0 Å². The van der Waals surface area contributed by atoms with Crippen LogP contribution in [0.15, 0.2) is 53.1 Å². The van der Waals surface area contributed by atoms with Crippen molar-refractivity contribution in [2.24, 2.45) is 0 Å². The van der Waals surface area contributed by atoms with Crippen molar-refractivity contribution in [1.29, 1.82) is 0 Å². The Morgan fingerprint density at radius 2 is 2.03 bits per heavy atom. The third-order valence-electron chi connectivity index (χ3n) is 4.69. The molecule has 1 amide bonds. The number of benzene rings is 2. The molecule has 0 unspecified atom stereocenters. The molecule has 1 atom stereocenters. The molecule has 4 rings (SSSR count). The number of hydrogen-bond donors (Lipinski definition) is 1. The molecule has 1 aromatic heterocycles. The number of esters is 1. The van der Waals surface area contributed by atoms with Gasteiger partial charge in [-0.05, 0) is 42.8 Å². The molecule has 0 aliphatic carbocycles. The third kappa shape index (κ3) is 3.99. The molecular formula is C22H20N2O5. The van der Waals surface area contributed by atoms with E-state index in [4.69, 9.17) is 14.0 Å². The zero-order valence-electron chi connectivity index (χ0n) is 16.1. The first-order valence-corrected chi connectivity index (χ1v) is 9.26. The number of para-hydroxylation sites is 1. The fraction of sp³-hybridized carbons (Fsp3) is 0.227. The van der Waals surface area contributed by atoms with Gasteiger partial charge in [0.25, 0.3) is 0 Å². The van der Waals surface area contributed by atoms with Gasteiger partial charge in [-0.3, -0.25) is 4.79 Å². The Balaban J connectivity index is 1.46. The van der Waals surface area contributed by atoms with Gasteiger partial charge in [-0.2, -0.15) is 0 Å². The first-order chi connectivity index (χ1) is 14.0. The minimum atomic E-state index is -0.514. The zero-order chi connectivity index (χ0) is 20.4. The summed E-state index contributed by atoms with van der Waals surface area (Å²) in [5, 5.41) is 6.72. The molecule has 0 saturated carbocycles. The van der Waals surface area contributed by atoms with E-state index in [0.717, 1.165) is 23.3 Å². The number of nitrogens with one attached hydrogen (secondary N) is 1. The number of carbonyl (C=O) groups is 2. The van der Waals surface area contributed by atoms with Gasteiger partial charge in [-0.1, -0.05) is 17.3 Å². The molecule has 0 spiro atoms. The Morgan fingerprint density at radius 1 is 1.21 bits per heavy atom. The number of aromatic nitrogens is 1. The van der Waals surface area contributed by atoms with E-state index in [1.165, 1.54) is 7.11 Å². The Hall–Kier alpha value is -3.61. The predicted molar refractivity (Wildman–Crippen MR) is 106 cm³/mol. The van der Waals surface area contributed by atoms with Crippen molar-refractivity contribution in [2.75, 3.05) is 12.4 Å². The minimum absolute atomic E-state index is 0.0179. The molecule has 3 aromatic rings. The molecule has 2 heterocycles. The summed E-state index contributed by atoms with van der Waals surface area (Å²) in [4.78, 5) is 24.2. The largest absolute Gasteiger partial charge is 0.490 e. The molecule has 1 aliphatic heterocycles. The van der Waals surface area contributed by atoms with Gasteiger partial charge in [0, 0.05) is 18.1 Å². The quantitative estimate of drug-likeness (QED) is 0.667. The lowest BCUT2D eigenvalue weighted by atomic mass is 10.1. The van der Waals surface area contributed by atoms with Crippen molar-refractivity contribution < 1.29 is 23.6 Å². The summed E-state index contributed by atoms with van der Waals surface area (Å²) < 4.78 is 15.9. The number of anilines is 1. The van der Waals surface area contributed by atoms with Crippen molar-refractivity contribution in [1.82, 2.24) is 5.16 Å². The smallest absolute Gasteiger partial charge is 0.339 e. The van der Waals surface area contributed by atoms with Gasteiger partial charge in [0.05, 0.1) is 30.5 Å². The summed E-state index contributed by atoms with van der Waals surface area (Å²) in [6.07, 6.45) is 1.04. The van der Waals surface area contributed by atoms with E-state index in [2.05, 4.69) is 10.5 Å². The molecule has 29 heavy (non-hydrogen) atoms. The lowest BCUT2D eigenvalue weighted by molar-refractivity contribution is -0.115. The summed E-state index contributed by atoms with van der Waals surface area (Å²) in [7, 11) is 1.30. The number of amides is 1. The van der Waals surface area contributed by atoms with Crippen molar-refractivity contribution in [3.05, 3.63) is 65.4 Å². The van der Waals surface area contributed by atoms with Gasteiger partial charge in [0.15, 0.2) is 5.76 Å². The number of ether oxygens (including phenoxy) is 2. The maximum absolute atomic E-state index is 12.4. The van der Waals surface area contributed by atoms with E-state index in [1.807, 2.05) is 25.1 Å². The fourth-order valence-corrected chi connectivity index (χ4v) is 3.35. The summed E-state index contributed by atoms with van der Waals surface area (Å²) in [6.45, 7) is 2.03. The Bertz CT molecular complexity index is 1070. The van der Waals surface area contributed by atoms with Gasteiger partial charge in [0.1, 0.15) is 11.9 Å². The lowest BCUT2D eigenvalue weighted by Gasteiger charge is -2.08. The first kappa shape index (κ1) is 18.7. The van der Waals surface area contributed by atoms with Crippen LogP contribution in [-0.4, -0.2) is 30.2 Å². The van der Waals surface area contributed by atoms with E-state index in [0.29, 0.717) is 22.7 Å². The average molecular weight is 392 g/mol. The van der Waals surface area contributed by atoms with Crippen molar-refractivity contribution >= 4 is 17.6 Å². The average Bonchev–Trinajstić information content (AvgIpc) is 3.32. The third-order valence-corrected chi connectivity index (χ3v) is 4.69. The van der Waals surface area contributed by atoms with Crippen molar-refractivity contribution in [2.45, 2.75) is 25.9 Å². The normalized spacial score (nSPS) is 14.8. The van der Waals surface area contributed by atoms with Crippen LogP contribution < -0.4 is 10.1 Å². The monoisotopic (exact) mass is 392 g/mol. The highest BCUT2D eigenvalue weighted by molar-refractivity contribution is 6.01. The van der Waals surface area contributed by atoms with Gasteiger partial charge in [-0.25, -0.2) is 4.79 Å². The number of carbonyl (C=O) groups excluding carboxylic acids is 2. The molecule has 0 radical (unpaired) electrons. The van der Waals surface area contributed by atoms with E-state index in [-0.39, 0.29) is 18.4 Å². The van der Waals surface area contributed by atoms with Crippen LogP contribution in [-0.2, 0) is 22.4 Å². The summed E-state index contributed by atoms with van der Waals surface area (Å²) >= 11 is 0. The number of rotatable bonds is 5. The topological polar surface area (TPSA) is 90.7 Å². The Morgan fingerprint density at radius 3 is 2.86 bits per heavy atom. The molecule has 0 fully saturated rings. The first-order valence-electron chi connectivity index (χ1n) is 9.26. The van der Waals surface area contributed by atoms with Gasteiger partial charge < -0.3 is 19.3 Å². The molecule has 0 bridgehead atoms. The van der Waals surface area contributed by atoms with E-state index < -0.39 is 5.97 Å². The van der Waals surface area contributed by atoms with Crippen molar-refractivity contribution in [3.8, 4) is 17.1 Å². The number of fused-ring (bicyclic) bond motifs is 1. The maximum Gasteiger partial charge on any atom is 0.339 e. The SMILES string of the molecule is COC(=O)c1ccccc1NC(=O)Cc1cc(-c2ccc3c(c2)C[C@H](C)O3)on1. The molecule has 1 aliphatic rings. The van der Waals surface area contributed by atoms with Crippen LogP contribution in [0.1, 0.15) is 28.5 Å². The second-order valence-electron chi connectivity index (χ2n) is 6.90. The number of methoxy groups -OCH3 is 1. The summed E-state index contributed by atoms with van der Waals surface area (Å²) in [5.74, 6) is 0.659. The summed E-state index contributed by atoms with van der Waals surface area (Å²) in [5.41, 5.74) is 3.19. The molecule has 148 valence electrons. The lowest BCUT2D eigenvalue weighted by Crippen LogP contribution is -2.17. The predicted octanol–water partition coefficient (Wildman–Crippen LogP) is 3.63. The highest BCUT2D eigenvalue weighted by Gasteiger charge is 2.20. The molecule has 0 saturated heterocycles. The zero-order valence-corrected chi connectivity index (χ0v) is 16.1. The molecule has 2 aromatic carbocycles. The van der Waals surface area contributed by atoms with Crippen LogP contribution in [0.3, 0.4) is 0 Å². The standard InChI is InChI=1S/C22H20N2O5/c1-13-9-15-10-14(7-8-19(15)28-13)20-11-16(24-29-20)12-21(25)23-18-6-4-3-5-17(18)22(26)27-2/h3-8,10-11,13H,9,12H2,1-2H3,(H,23,25)/t13-/m0/s1. The van der Waals surface area contributed by atoms with Gasteiger partial charge in [0.2, 0.25) is 5.91 Å². The van der Waals surface area contributed by atoms with E-state index >= 15 is 0 Å². The minimum Gasteiger partial charge on any atom is -0.490 e. The molecule has 1 N–H and O–H groups in total. The highest BCUT2D eigenvalue weighted by atomic mass is 16.5. The van der Waals surface area contributed by atoms with Gasteiger partial charge in [-0.15, -0.1) is 0 Å². The molecular weight excluding hydrogens is 372 g/mol. The molecule has 7 heteroatoms. The molecule has 7 nitrogen and oxygen atoms in total. The van der Waals surface area contributed by atoms with Crippen LogP contribution in [0.5, 0.6) is 5.75 Å². The van der Waals surface area contributed by atoms with E-state index in [9.17, 15) is 9.59 Å². The second-order valence-corrected chi connectivity index (χ2v) is 6.90. The van der Waals surface area contributed by atoms with Gasteiger partial charge >= 0.3 is 5.97 Å². The Kier molecular flexibility index (Phi) is 5.03. The number of nitrogens with zero attached hydrogens (tertiary/aromatic N) is 1. The van der Waals surface area contributed by atoms with Crippen LogP contribution in [0.2, 0.25) is 0 Å². The second kappa shape index (κ2) is 7.79. The number of hydrogen-bond acceptors (Lipinski definition) is 6.